The summed E-state index contributed by atoms with van der Waals surface area (Å²) in [6.07, 6.45) is -0.458. The van der Waals surface area contributed by atoms with Gasteiger partial charge in [0, 0.05) is 0 Å². The van der Waals surface area contributed by atoms with Gasteiger partial charge < -0.3 is 14.6 Å². The number of para-hydroxylation sites is 1. The molecule has 122 valence electrons. The monoisotopic (exact) mass is 336 g/mol. The van der Waals surface area contributed by atoms with Crippen LogP contribution in [0.15, 0.2) is 28.8 Å². The molecule has 6 nitrogen and oxygen atoms in total. The van der Waals surface area contributed by atoms with Crippen molar-refractivity contribution in [1.82, 2.24) is 5.16 Å². The van der Waals surface area contributed by atoms with Crippen molar-refractivity contribution in [1.29, 1.82) is 0 Å². The Morgan fingerprint density at radius 3 is 2.74 bits per heavy atom. The number of aryl methyl sites for hydroxylation is 2. The van der Waals surface area contributed by atoms with Gasteiger partial charge in [0.15, 0.2) is 6.10 Å². The molecule has 1 heterocycles. The quantitative estimate of drug-likeness (QED) is 0.846. The van der Waals surface area contributed by atoms with Gasteiger partial charge in [-0.15, -0.1) is 0 Å². The van der Waals surface area contributed by atoms with E-state index in [0.717, 1.165) is 0 Å². The first-order valence-corrected chi connectivity index (χ1v) is 7.53. The van der Waals surface area contributed by atoms with Crippen LogP contribution in [0.3, 0.4) is 0 Å². The second kappa shape index (κ2) is 7.28. The molecule has 2 rings (SSSR count). The van der Waals surface area contributed by atoms with Crippen LogP contribution in [0.5, 0.6) is 0 Å². The summed E-state index contributed by atoms with van der Waals surface area (Å²) in [5, 5.41) is 6.81. The Bertz CT molecular complexity index is 727. The summed E-state index contributed by atoms with van der Waals surface area (Å²) >= 11 is 5.98. The minimum atomic E-state index is -0.988. The maximum Gasteiger partial charge on any atom is 0.344 e. The third kappa shape index (κ3) is 3.90. The van der Waals surface area contributed by atoms with E-state index in [2.05, 4.69) is 10.5 Å². The number of nitrogens with zero attached hydrogens (tertiary/aromatic N) is 1. The number of aromatic nitrogens is 1. The van der Waals surface area contributed by atoms with Gasteiger partial charge in [-0.1, -0.05) is 35.8 Å². The summed E-state index contributed by atoms with van der Waals surface area (Å²) in [6, 6.07) is 6.81. The van der Waals surface area contributed by atoms with Gasteiger partial charge in [-0.2, -0.15) is 0 Å². The first-order chi connectivity index (χ1) is 10.9. The number of nitrogens with one attached hydrogen (secondary N) is 1. The predicted octanol–water partition coefficient (Wildman–Crippen LogP) is 3.38. The molecule has 0 saturated heterocycles. The molecule has 1 aromatic carbocycles. The van der Waals surface area contributed by atoms with Crippen LogP contribution >= 0.6 is 11.6 Å². The Morgan fingerprint density at radius 2 is 2.09 bits per heavy atom. The zero-order valence-corrected chi connectivity index (χ0v) is 13.8. The number of hydrogen-bond donors (Lipinski definition) is 1. The molecule has 1 atom stereocenters. The topological polar surface area (TPSA) is 81.4 Å². The first kappa shape index (κ1) is 17.0. The van der Waals surface area contributed by atoms with E-state index in [1.54, 1.807) is 31.2 Å². The van der Waals surface area contributed by atoms with Gasteiger partial charge in [0.25, 0.3) is 5.91 Å². The minimum Gasteiger partial charge on any atom is -0.449 e. The standard InChI is InChI=1S/C16H17ClN2O4/c1-4-12-14(9(2)23-19-12)16(21)22-10(3)15(20)18-13-8-6-5-7-11(13)17/h5-8,10H,4H2,1-3H3,(H,18,20)/t10-/m1/s1. The molecule has 0 bridgehead atoms. The van der Waals surface area contributed by atoms with E-state index in [4.69, 9.17) is 20.9 Å². The summed E-state index contributed by atoms with van der Waals surface area (Å²) in [5.41, 5.74) is 1.23. The number of amides is 1. The second-order valence-electron chi connectivity index (χ2n) is 4.93. The van der Waals surface area contributed by atoms with Crippen molar-refractivity contribution in [3.8, 4) is 0 Å². The van der Waals surface area contributed by atoms with Crippen molar-refractivity contribution < 1.29 is 18.8 Å². The fourth-order valence-electron chi connectivity index (χ4n) is 1.99. The summed E-state index contributed by atoms with van der Waals surface area (Å²) in [6.45, 7) is 4.96. The predicted molar refractivity (Wildman–Crippen MR) is 85.6 cm³/mol. The molecule has 7 heteroatoms. The highest BCUT2D eigenvalue weighted by molar-refractivity contribution is 6.33. The van der Waals surface area contributed by atoms with Gasteiger partial charge in [0.2, 0.25) is 0 Å². The van der Waals surface area contributed by atoms with Crippen molar-refractivity contribution >= 4 is 29.2 Å². The number of hydrogen-bond acceptors (Lipinski definition) is 5. The maximum atomic E-state index is 12.2. The van der Waals surface area contributed by atoms with E-state index in [0.29, 0.717) is 28.6 Å². The lowest BCUT2D eigenvalue weighted by Crippen LogP contribution is -2.30. The van der Waals surface area contributed by atoms with Crippen molar-refractivity contribution in [2.75, 3.05) is 5.32 Å². The molecule has 0 spiro atoms. The highest BCUT2D eigenvalue weighted by Gasteiger charge is 2.25. The molecule has 0 aliphatic rings. The number of ether oxygens (including phenoxy) is 1. The van der Waals surface area contributed by atoms with Crippen LogP contribution in [0.2, 0.25) is 5.02 Å². The summed E-state index contributed by atoms with van der Waals surface area (Å²) in [5.74, 6) is -0.744. The molecule has 1 N–H and O–H groups in total. The fraction of sp³-hybridized carbons (Fsp3) is 0.312. The molecule has 1 amide bonds. The van der Waals surface area contributed by atoms with Gasteiger partial charge in [-0.05, 0) is 32.4 Å². The first-order valence-electron chi connectivity index (χ1n) is 7.15. The van der Waals surface area contributed by atoms with Crippen LogP contribution in [0.1, 0.15) is 35.7 Å². The van der Waals surface area contributed by atoms with Crippen LogP contribution in [0.4, 0.5) is 5.69 Å². The van der Waals surface area contributed by atoms with Crippen molar-refractivity contribution in [2.24, 2.45) is 0 Å². The van der Waals surface area contributed by atoms with Crippen LogP contribution in [0.25, 0.3) is 0 Å². The zero-order valence-electron chi connectivity index (χ0n) is 13.1. The molecule has 0 fully saturated rings. The second-order valence-corrected chi connectivity index (χ2v) is 5.34. The van der Waals surface area contributed by atoms with Gasteiger partial charge in [-0.25, -0.2) is 4.79 Å². The number of anilines is 1. The lowest BCUT2D eigenvalue weighted by Gasteiger charge is -2.14. The number of esters is 1. The number of carbonyl (C=O) groups excluding carboxylic acids is 2. The Hall–Kier alpha value is -2.34. The Labute approximate surface area is 138 Å². The number of rotatable bonds is 5. The van der Waals surface area contributed by atoms with Gasteiger partial charge in [-0.3, -0.25) is 4.79 Å². The van der Waals surface area contributed by atoms with E-state index in [1.807, 2.05) is 6.92 Å². The summed E-state index contributed by atoms with van der Waals surface area (Å²) in [7, 11) is 0. The number of halogens is 1. The van der Waals surface area contributed by atoms with Crippen molar-refractivity contribution in [3.05, 3.63) is 46.3 Å². The Morgan fingerprint density at radius 1 is 1.39 bits per heavy atom. The van der Waals surface area contributed by atoms with Crippen LogP contribution in [-0.2, 0) is 16.0 Å². The molecule has 2 aromatic rings. The SMILES string of the molecule is CCc1noc(C)c1C(=O)O[C@H](C)C(=O)Nc1ccccc1Cl. The molecule has 0 unspecified atom stereocenters. The molecule has 0 saturated carbocycles. The average Bonchev–Trinajstić information content (AvgIpc) is 2.90. The molecule has 0 aliphatic carbocycles. The summed E-state index contributed by atoms with van der Waals surface area (Å²) < 4.78 is 10.2. The van der Waals surface area contributed by atoms with Gasteiger partial charge >= 0.3 is 5.97 Å². The number of carbonyl (C=O) groups is 2. The molecular weight excluding hydrogens is 320 g/mol. The largest absolute Gasteiger partial charge is 0.449 e. The van der Waals surface area contributed by atoms with Crippen molar-refractivity contribution in [2.45, 2.75) is 33.3 Å². The van der Waals surface area contributed by atoms with Gasteiger partial charge in [0.1, 0.15) is 11.3 Å². The highest BCUT2D eigenvalue weighted by Crippen LogP contribution is 2.21. The van der Waals surface area contributed by atoms with Crippen LogP contribution in [0, 0.1) is 6.92 Å². The third-order valence-corrected chi connectivity index (χ3v) is 3.59. The van der Waals surface area contributed by atoms with Crippen LogP contribution in [-0.4, -0.2) is 23.1 Å². The molecule has 23 heavy (non-hydrogen) atoms. The lowest BCUT2D eigenvalue weighted by atomic mass is 10.1. The van der Waals surface area contributed by atoms with E-state index in [9.17, 15) is 9.59 Å². The van der Waals surface area contributed by atoms with E-state index >= 15 is 0 Å². The van der Waals surface area contributed by atoms with Crippen LogP contribution < -0.4 is 5.32 Å². The van der Waals surface area contributed by atoms with E-state index < -0.39 is 18.0 Å². The minimum absolute atomic E-state index is 0.268. The third-order valence-electron chi connectivity index (χ3n) is 3.26. The van der Waals surface area contributed by atoms with Gasteiger partial charge in [0.05, 0.1) is 16.4 Å². The summed E-state index contributed by atoms with van der Waals surface area (Å²) in [4.78, 5) is 24.3. The Kier molecular flexibility index (Phi) is 5.39. The highest BCUT2D eigenvalue weighted by atomic mass is 35.5. The van der Waals surface area contributed by atoms with Crippen molar-refractivity contribution in [3.63, 3.8) is 0 Å². The lowest BCUT2D eigenvalue weighted by molar-refractivity contribution is -0.123. The normalized spacial score (nSPS) is 11.8. The van der Waals surface area contributed by atoms with E-state index in [-0.39, 0.29) is 5.56 Å². The number of benzene rings is 1. The maximum absolute atomic E-state index is 12.2. The van der Waals surface area contributed by atoms with E-state index in [1.165, 1.54) is 6.92 Å². The average molecular weight is 337 g/mol. The fourth-order valence-corrected chi connectivity index (χ4v) is 2.17. The Balaban J connectivity index is 2.05. The smallest absolute Gasteiger partial charge is 0.344 e. The molecule has 0 radical (unpaired) electrons. The zero-order chi connectivity index (χ0) is 17.0. The molecule has 0 aliphatic heterocycles. The molecule has 1 aromatic heterocycles. The molecular formula is C16H17ClN2O4.